The van der Waals surface area contributed by atoms with Gasteiger partial charge in [0.05, 0.1) is 23.4 Å². The zero-order valence-corrected chi connectivity index (χ0v) is 21.6. The van der Waals surface area contributed by atoms with E-state index in [-0.39, 0.29) is 24.1 Å². The van der Waals surface area contributed by atoms with E-state index in [1.54, 1.807) is 4.90 Å². The molecule has 1 aromatic carbocycles. The minimum absolute atomic E-state index is 0.0554. The Bertz CT molecular complexity index is 1050. The van der Waals surface area contributed by atoms with Crippen LogP contribution in [-0.4, -0.2) is 72.2 Å². The number of alkyl halides is 7. The van der Waals surface area contributed by atoms with Crippen molar-refractivity contribution in [2.45, 2.75) is 57.5 Å². The molecule has 0 atom stereocenters. The maximum absolute atomic E-state index is 13.1. The largest absolute Gasteiger partial charge is 0.416 e. The average Bonchev–Trinajstić information content (AvgIpc) is 3.18. The fourth-order valence-corrected chi connectivity index (χ4v) is 4.21. The molecule has 2 aromatic rings. The monoisotopic (exact) mass is 568 g/mol. The van der Waals surface area contributed by atoms with Gasteiger partial charge < -0.3 is 19.3 Å². The molecule has 1 fully saturated rings. The Hall–Kier alpha value is -3.00. The zero-order valence-electron chi connectivity index (χ0n) is 21.6. The van der Waals surface area contributed by atoms with Gasteiger partial charge in [0.2, 0.25) is 0 Å². The first-order valence-corrected chi connectivity index (χ1v) is 12.0. The lowest BCUT2D eigenvalue weighted by atomic mass is 10.1. The normalized spacial score (nSPS) is 16.8. The number of amides is 1. The minimum atomic E-state index is -4.82. The van der Waals surface area contributed by atoms with E-state index in [9.17, 15) is 35.5 Å². The van der Waals surface area contributed by atoms with Crippen LogP contribution in [0.1, 0.15) is 52.1 Å². The third-order valence-corrected chi connectivity index (χ3v) is 6.09. The highest BCUT2D eigenvalue weighted by Crippen LogP contribution is 2.36. The Morgan fingerprint density at radius 2 is 1.54 bits per heavy atom. The molecule has 0 bridgehead atoms. The molecule has 2 aliphatic rings. The van der Waals surface area contributed by atoms with Crippen molar-refractivity contribution in [3.05, 3.63) is 52.3 Å². The van der Waals surface area contributed by atoms with E-state index in [0.717, 1.165) is 31.7 Å². The number of nitrogens with zero attached hydrogens (tertiary/aromatic N) is 4. The summed E-state index contributed by atoms with van der Waals surface area (Å²) in [6.07, 6.45) is -8.45. The lowest BCUT2D eigenvalue weighted by Crippen LogP contribution is -2.39. The quantitative estimate of drug-likeness (QED) is 0.489. The number of carbonyl (C=O) groups is 2. The molecule has 1 saturated heterocycles. The van der Waals surface area contributed by atoms with E-state index in [4.69, 9.17) is 4.79 Å². The van der Waals surface area contributed by atoms with Crippen LogP contribution < -0.4 is 0 Å². The van der Waals surface area contributed by atoms with Gasteiger partial charge >= 0.3 is 12.4 Å². The third-order valence-electron chi connectivity index (χ3n) is 6.09. The highest BCUT2D eigenvalue weighted by molar-refractivity contribution is 5.92. The molecule has 0 saturated carbocycles. The molecule has 4 rings (SSSR count). The predicted octanol–water partition coefficient (Wildman–Crippen LogP) is 4.98. The van der Waals surface area contributed by atoms with Crippen molar-refractivity contribution in [3.8, 4) is 0 Å². The maximum Gasteiger partial charge on any atom is 0.416 e. The molecule has 7 nitrogen and oxygen atoms in total. The minimum Gasteiger partial charge on any atom is -0.380 e. The van der Waals surface area contributed by atoms with Gasteiger partial charge in [0.15, 0.2) is 5.69 Å². The number of piperidine rings is 1. The summed E-state index contributed by atoms with van der Waals surface area (Å²) in [5.74, 6) is -0.0554. The number of aryl methyl sites for hydroxylation is 1. The second-order valence-electron chi connectivity index (χ2n) is 9.15. The van der Waals surface area contributed by atoms with Crippen LogP contribution in [0.25, 0.3) is 0 Å². The van der Waals surface area contributed by atoms with Crippen LogP contribution in [0.4, 0.5) is 30.7 Å². The van der Waals surface area contributed by atoms with Crippen LogP contribution >= 0.6 is 0 Å². The van der Waals surface area contributed by atoms with E-state index in [0.29, 0.717) is 43.8 Å². The molecule has 39 heavy (non-hydrogen) atoms. The number of carbonyl (C=O) groups excluding carboxylic acids is 2. The van der Waals surface area contributed by atoms with E-state index in [1.165, 1.54) is 7.11 Å². The summed E-state index contributed by atoms with van der Waals surface area (Å²) in [6, 6.07) is 3.25. The van der Waals surface area contributed by atoms with Crippen LogP contribution in [0.3, 0.4) is 0 Å². The molecule has 0 N–H and O–H groups in total. The van der Waals surface area contributed by atoms with E-state index >= 15 is 0 Å². The first-order chi connectivity index (χ1) is 18.3. The van der Waals surface area contributed by atoms with Crippen LogP contribution in [0.2, 0.25) is 0 Å². The molecule has 0 aliphatic carbocycles. The number of ether oxygens (including phenoxy) is 1. The second-order valence-corrected chi connectivity index (χ2v) is 9.15. The molecule has 218 valence electrons. The van der Waals surface area contributed by atoms with Crippen molar-refractivity contribution in [1.29, 1.82) is 0 Å². The van der Waals surface area contributed by atoms with Gasteiger partial charge in [-0.3, -0.25) is 9.48 Å². The number of benzene rings is 1. The van der Waals surface area contributed by atoms with E-state index in [1.807, 2.05) is 17.5 Å². The number of hydrogen-bond donors (Lipinski definition) is 0. The van der Waals surface area contributed by atoms with Crippen LogP contribution in [-0.2, 0) is 41.6 Å². The molecule has 2 aliphatic heterocycles. The SMILES string of the molecule is C=O.CN1CCCn2nc(C(=O)N3CCC(F)CC3)cc2C1.COCc1cc(C(F)(F)F)cc(C(F)(F)F)c1. The Morgan fingerprint density at radius 1 is 0.974 bits per heavy atom. The molecule has 1 amide bonds. The third kappa shape index (κ3) is 9.31. The van der Waals surface area contributed by atoms with Gasteiger partial charge in [-0.1, -0.05) is 0 Å². The summed E-state index contributed by atoms with van der Waals surface area (Å²) in [5.41, 5.74) is -1.24. The van der Waals surface area contributed by atoms with Crippen molar-refractivity contribution in [2.75, 3.05) is 33.8 Å². The zero-order chi connectivity index (χ0) is 29.4. The summed E-state index contributed by atoms with van der Waals surface area (Å²) < 4.78 is 93.8. The number of rotatable bonds is 3. The average molecular weight is 569 g/mol. The molecule has 0 unspecified atom stereocenters. The van der Waals surface area contributed by atoms with Gasteiger partial charge in [-0.25, -0.2) is 4.39 Å². The molecule has 14 heteroatoms. The summed E-state index contributed by atoms with van der Waals surface area (Å²) in [6.45, 7) is 5.43. The van der Waals surface area contributed by atoms with Crippen LogP contribution in [0, 0.1) is 0 Å². The smallest absolute Gasteiger partial charge is 0.380 e. The van der Waals surface area contributed by atoms with Gasteiger partial charge in [-0.15, -0.1) is 0 Å². The Balaban J connectivity index is 0.000000261. The topological polar surface area (TPSA) is 67.7 Å². The first kappa shape index (κ1) is 32.2. The van der Waals surface area contributed by atoms with Crippen molar-refractivity contribution in [1.82, 2.24) is 19.6 Å². The highest BCUT2D eigenvalue weighted by Gasteiger charge is 2.36. The van der Waals surface area contributed by atoms with Crippen LogP contribution in [0.15, 0.2) is 24.3 Å². The Morgan fingerprint density at radius 3 is 2.05 bits per heavy atom. The summed E-state index contributed by atoms with van der Waals surface area (Å²) in [4.78, 5) is 24.4. The maximum atomic E-state index is 13.1. The molecular weight excluding hydrogens is 537 g/mol. The number of hydrogen-bond acceptors (Lipinski definition) is 5. The summed E-state index contributed by atoms with van der Waals surface area (Å²) in [5, 5.41) is 4.44. The molecule has 0 spiro atoms. The first-order valence-electron chi connectivity index (χ1n) is 12.0. The van der Waals surface area contributed by atoms with Crippen molar-refractivity contribution >= 4 is 12.7 Å². The number of likely N-dealkylation sites (tertiary alicyclic amines) is 1. The van der Waals surface area contributed by atoms with E-state index in [2.05, 4.69) is 21.8 Å². The fourth-order valence-electron chi connectivity index (χ4n) is 4.21. The Labute approximate surface area is 221 Å². The number of methoxy groups -OCH3 is 1. The van der Waals surface area contributed by atoms with Gasteiger partial charge in [-0.05, 0) is 56.1 Å². The lowest BCUT2D eigenvalue weighted by Gasteiger charge is -2.27. The predicted molar refractivity (Wildman–Crippen MR) is 127 cm³/mol. The van der Waals surface area contributed by atoms with Crippen LogP contribution in [0.5, 0.6) is 0 Å². The molecule has 1 aromatic heterocycles. The summed E-state index contributed by atoms with van der Waals surface area (Å²) >= 11 is 0. The van der Waals surface area contributed by atoms with Crippen molar-refractivity contribution in [3.63, 3.8) is 0 Å². The van der Waals surface area contributed by atoms with Gasteiger partial charge in [0, 0.05) is 39.8 Å². The lowest BCUT2D eigenvalue weighted by molar-refractivity contribution is -0.143. The summed E-state index contributed by atoms with van der Waals surface area (Å²) in [7, 11) is 3.27. The number of fused-ring (bicyclic) bond motifs is 1. The number of halogens is 7. The van der Waals surface area contributed by atoms with E-state index < -0.39 is 29.7 Å². The van der Waals surface area contributed by atoms with Gasteiger partial charge in [0.1, 0.15) is 13.0 Å². The fraction of sp³-hybridized carbons (Fsp3) is 0.560. The van der Waals surface area contributed by atoms with Gasteiger partial charge in [-0.2, -0.15) is 31.4 Å². The molecule has 3 heterocycles. The Kier molecular flexibility index (Phi) is 11.5. The van der Waals surface area contributed by atoms with Crippen molar-refractivity contribution in [2.24, 2.45) is 0 Å². The number of aromatic nitrogens is 2. The molecular formula is C25H31F7N4O3. The standard InChI is InChI=1S/C14H21FN4O.C10H8F6O.CH2O/c1-17-5-2-6-19-12(10-17)9-13(16-19)14(20)18-7-3-11(15)4-8-18;1-17-5-6-2-7(9(11,12)13)4-8(3-6)10(14,15)16;1-2/h9,11H,2-8,10H2,1H3;2-4H,5H2,1H3;1H2. The van der Waals surface area contributed by atoms with Gasteiger partial charge in [0.25, 0.3) is 5.91 Å². The molecule has 0 radical (unpaired) electrons. The highest BCUT2D eigenvalue weighted by atomic mass is 19.4. The second kappa shape index (κ2) is 13.9. The van der Waals surface area contributed by atoms with Crippen molar-refractivity contribution < 1.29 is 45.1 Å².